The number of carbonyl (C=O) groups excluding carboxylic acids is 2. The lowest BCUT2D eigenvalue weighted by molar-refractivity contribution is -0.113. The topological polar surface area (TPSA) is 57.6 Å². The van der Waals surface area contributed by atoms with Gasteiger partial charge in [0.05, 0.1) is 10.6 Å². The van der Waals surface area contributed by atoms with Crippen molar-refractivity contribution in [2.75, 3.05) is 4.90 Å². The molecular weight excluding hydrogens is 310 g/mol. The van der Waals surface area contributed by atoms with Crippen molar-refractivity contribution < 1.29 is 14.7 Å². The van der Waals surface area contributed by atoms with Crippen molar-refractivity contribution in [2.24, 2.45) is 0 Å². The first kappa shape index (κ1) is 15.4. The summed E-state index contributed by atoms with van der Waals surface area (Å²) in [5.74, 6) is -0.291. The van der Waals surface area contributed by atoms with Crippen LogP contribution in [0.1, 0.15) is 16.7 Å². The Morgan fingerprint density at radius 1 is 1.09 bits per heavy atom. The Morgan fingerprint density at radius 2 is 1.83 bits per heavy atom. The first-order valence-corrected chi connectivity index (χ1v) is 7.92. The molecule has 0 saturated carbocycles. The van der Waals surface area contributed by atoms with E-state index >= 15 is 0 Å². The monoisotopic (exact) mass is 325 g/mol. The van der Waals surface area contributed by atoms with E-state index in [0.29, 0.717) is 16.2 Å². The highest BCUT2D eigenvalue weighted by Gasteiger charge is 2.37. The van der Waals surface area contributed by atoms with E-state index in [2.05, 4.69) is 0 Å². The fraction of sp³-hybridized carbons (Fsp3) is 0.111. The fourth-order valence-electron chi connectivity index (χ4n) is 2.48. The number of thioether (sulfide) groups is 1. The van der Waals surface area contributed by atoms with Crippen LogP contribution in [0.15, 0.2) is 47.4 Å². The predicted molar refractivity (Wildman–Crippen MR) is 92.5 cm³/mol. The first-order chi connectivity index (χ1) is 11.0. The summed E-state index contributed by atoms with van der Waals surface area (Å²) in [5.41, 5.74) is 3.05. The Bertz CT molecular complexity index is 842. The van der Waals surface area contributed by atoms with Crippen LogP contribution in [0, 0.1) is 13.8 Å². The van der Waals surface area contributed by atoms with E-state index < -0.39 is 0 Å². The van der Waals surface area contributed by atoms with Crippen molar-refractivity contribution in [1.82, 2.24) is 0 Å². The third kappa shape index (κ3) is 2.87. The maximum absolute atomic E-state index is 12.6. The van der Waals surface area contributed by atoms with Crippen molar-refractivity contribution in [3.8, 4) is 5.75 Å². The van der Waals surface area contributed by atoms with Crippen molar-refractivity contribution in [3.63, 3.8) is 0 Å². The summed E-state index contributed by atoms with van der Waals surface area (Å²) in [7, 11) is 0. The van der Waals surface area contributed by atoms with Crippen LogP contribution in [0.4, 0.5) is 10.5 Å². The normalized spacial score (nSPS) is 16.4. The SMILES string of the molecule is Cc1ccc(N2C(=O)S/C(=C\c3ccccc3O)C2=O)c(C)c1. The molecule has 1 aliphatic rings. The van der Waals surface area contributed by atoms with E-state index in [0.717, 1.165) is 22.9 Å². The number of benzene rings is 2. The highest BCUT2D eigenvalue weighted by atomic mass is 32.2. The molecule has 23 heavy (non-hydrogen) atoms. The predicted octanol–water partition coefficient (Wildman–Crippen LogP) is 4.25. The molecule has 0 atom stereocenters. The number of rotatable bonds is 2. The van der Waals surface area contributed by atoms with Crippen molar-refractivity contribution in [1.29, 1.82) is 0 Å². The minimum atomic E-state index is -0.366. The maximum atomic E-state index is 12.6. The summed E-state index contributed by atoms with van der Waals surface area (Å²) in [6.45, 7) is 3.83. The maximum Gasteiger partial charge on any atom is 0.298 e. The molecule has 2 aromatic carbocycles. The highest BCUT2D eigenvalue weighted by molar-refractivity contribution is 8.19. The highest BCUT2D eigenvalue weighted by Crippen LogP contribution is 2.37. The molecule has 1 heterocycles. The van der Waals surface area contributed by atoms with Gasteiger partial charge in [0, 0.05) is 5.56 Å². The van der Waals surface area contributed by atoms with Crippen LogP contribution in [0.3, 0.4) is 0 Å². The minimum Gasteiger partial charge on any atom is -0.507 e. The lowest BCUT2D eigenvalue weighted by atomic mass is 10.1. The number of carbonyl (C=O) groups is 2. The quantitative estimate of drug-likeness (QED) is 0.839. The van der Waals surface area contributed by atoms with Crippen LogP contribution in [0.2, 0.25) is 0 Å². The van der Waals surface area contributed by atoms with Gasteiger partial charge in [-0.1, -0.05) is 35.9 Å². The molecule has 1 saturated heterocycles. The molecule has 2 aromatic rings. The van der Waals surface area contributed by atoms with E-state index in [1.165, 1.54) is 4.90 Å². The van der Waals surface area contributed by atoms with Gasteiger partial charge in [0.15, 0.2) is 0 Å². The lowest BCUT2D eigenvalue weighted by Crippen LogP contribution is -2.28. The van der Waals surface area contributed by atoms with Gasteiger partial charge in [0.1, 0.15) is 5.75 Å². The summed E-state index contributed by atoms with van der Waals surface area (Å²) in [6.07, 6.45) is 1.55. The zero-order valence-electron chi connectivity index (χ0n) is 12.7. The first-order valence-electron chi connectivity index (χ1n) is 7.10. The van der Waals surface area contributed by atoms with Gasteiger partial charge in [-0.25, -0.2) is 4.90 Å². The lowest BCUT2D eigenvalue weighted by Gasteiger charge is -2.15. The molecule has 0 unspecified atom stereocenters. The third-order valence-electron chi connectivity index (χ3n) is 3.61. The van der Waals surface area contributed by atoms with Gasteiger partial charge >= 0.3 is 0 Å². The van der Waals surface area contributed by atoms with E-state index in [-0.39, 0.29) is 16.9 Å². The van der Waals surface area contributed by atoms with Crippen LogP contribution < -0.4 is 4.90 Å². The van der Waals surface area contributed by atoms with Gasteiger partial charge in [0.25, 0.3) is 11.1 Å². The molecule has 0 aliphatic carbocycles. The number of nitrogens with zero attached hydrogens (tertiary/aromatic N) is 1. The van der Waals surface area contributed by atoms with Gasteiger partial charge in [-0.05, 0) is 49.4 Å². The third-order valence-corrected chi connectivity index (χ3v) is 4.48. The standard InChI is InChI=1S/C18H15NO3S/c1-11-7-8-14(12(2)9-11)19-17(21)16(23-18(19)22)10-13-5-3-4-6-15(13)20/h3-10,20H,1-2H3/b16-10-. The molecule has 1 fully saturated rings. The molecule has 3 rings (SSSR count). The fourth-order valence-corrected chi connectivity index (χ4v) is 3.31. The molecular formula is C18H15NO3S. The molecule has 0 bridgehead atoms. The number of aromatic hydroxyl groups is 1. The number of para-hydroxylation sites is 1. The second-order valence-electron chi connectivity index (χ2n) is 5.37. The van der Waals surface area contributed by atoms with Crippen LogP contribution in [-0.4, -0.2) is 16.3 Å². The van der Waals surface area contributed by atoms with Gasteiger partial charge < -0.3 is 5.11 Å². The number of imide groups is 1. The summed E-state index contributed by atoms with van der Waals surface area (Å²) in [6, 6.07) is 12.3. The van der Waals surface area contributed by atoms with Gasteiger partial charge in [-0.15, -0.1) is 0 Å². The van der Waals surface area contributed by atoms with E-state index in [1.807, 2.05) is 26.0 Å². The van der Waals surface area contributed by atoms with E-state index in [4.69, 9.17) is 0 Å². The van der Waals surface area contributed by atoms with E-state index in [9.17, 15) is 14.7 Å². The average Bonchev–Trinajstić information content (AvgIpc) is 2.77. The molecule has 1 aliphatic heterocycles. The molecule has 0 radical (unpaired) electrons. The number of hydrogen-bond donors (Lipinski definition) is 1. The second kappa shape index (κ2) is 5.93. The summed E-state index contributed by atoms with van der Waals surface area (Å²) in [4.78, 5) is 26.4. The van der Waals surface area contributed by atoms with Crippen molar-refractivity contribution in [2.45, 2.75) is 13.8 Å². The van der Waals surface area contributed by atoms with Crippen LogP contribution in [0.5, 0.6) is 5.75 Å². The molecule has 2 amide bonds. The van der Waals surface area contributed by atoms with E-state index in [1.54, 1.807) is 36.4 Å². The minimum absolute atomic E-state index is 0.0748. The summed E-state index contributed by atoms with van der Waals surface area (Å²) < 4.78 is 0. The van der Waals surface area contributed by atoms with Crippen LogP contribution in [-0.2, 0) is 4.79 Å². The number of phenolic OH excluding ortho intramolecular Hbond substituents is 1. The van der Waals surface area contributed by atoms with Crippen LogP contribution >= 0.6 is 11.8 Å². The Kier molecular flexibility index (Phi) is 3.96. The molecule has 5 heteroatoms. The largest absolute Gasteiger partial charge is 0.507 e. The Balaban J connectivity index is 1.99. The number of amides is 2. The van der Waals surface area contributed by atoms with Gasteiger partial charge in [0.2, 0.25) is 0 Å². The molecule has 0 spiro atoms. The number of hydrogen-bond acceptors (Lipinski definition) is 4. The zero-order chi connectivity index (χ0) is 16.6. The smallest absolute Gasteiger partial charge is 0.298 e. The Morgan fingerprint density at radius 3 is 2.52 bits per heavy atom. The molecule has 4 nitrogen and oxygen atoms in total. The number of phenols is 1. The zero-order valence-corrected chi connectivity index (χ0v) is 13.6. The Hall–Kier alpha value is -2.53. The number of anilines is 1. The number of aryl methyl sites for hydroxylation is 2. The average molecular weight is 325 g/mol. The Labute approximate surface area is 138 Å². The van der Waals surface area contributed by atoms with Gasteiger partial charge in [-0.2, -0.15) is 0 Å². The molecule has 1 N–H and O–H groups in total. The molecule has 0 aromatic heterocycles. The van der Waals surface area contributed by atoms with Gasteiger partial charge in [-0.3, -0.25) is 9.59 Å². The molecule has 116 valence electrons. The van der Waals surface area contributed by atoms with Crippen molar-refractivity contribution in [3.05, 3.63) is 64.1 Å². The second-order valence-corrected chi connectivity index (χ2v) is 6.36. The van der Waals surface area contributed by atoms with Crippen molar-refractivity contribution >= 4 is 34.7 Å². The summed E-state index contributed by atoms with van der Waals surface area (Å²) in [5, 5.41) is 9.49. The van der Waals surface area contributed by atoms with Crippen LogP contribution in [0.25, 0.3) is 6.08 Å². The summed E-state index contributed by atoms with van der Waals surface area (Å²) >= 11 is 0.880.